The molecule has 0 aromatic heterocycles. The summed E-state index contributed by atoms with van der Waals surface area (Å²) in [4.78, 5) is 11.4. The summed E-state index contributed by atoms with van der Waals surface area (Å²) in [6.07, 6.45) is 1.68. The lowest BCUT2D eigenvalue weighted by atomic mass is 10.0. The molecular formula is C11H24N2O2. The van der Waals surface area contributed by atoms with Crippen molar-refractivity contribution in [3.8, 4) is 0 Å². The van der Waals surface area contributed by atoms with Crippen LogP contribution in [0.4, 0.5) is 0 Å². The zero-order valence-corrected chi connectivity index (χ0v) is 9.99. The van der Waals surface area contributed by atoms with Gasteiger partial charge in [-0.1, -0.05) is 20.8 Å². The summed E-state index contributed by atoms with van der Waals surface area (Å²) < 4.78 is 0. The first-order valence-corrected chi connectivity index (χ1v) is 5.68. The molecule has 0 bridgehead atoms. The number of aliphatic hydroxyl groups excluding tert-OH is 1. The van der Waals surface area contributed by atoms with Gasteiger partial charge in [0.05, 0.1) is 12.1 Å². The fourth-order valence-electron chi connectivity index (χ4n) is 1.31. The minimum absolute atomic E-state index is 0.119. The van der Waals surface area contributed by atoms with Crippen molar-refractivity contribution >= 4 is 5.91 Å². The Labute approximate surface area is 92.2 Å². The second kappa shape index (κ2) is 7.65. The number of nitrogens with one attached hydrogen (secondary N) is 1. The Bertz CT molecular complexity index is 183. The van der Waals surface area contributed by atoms with E-state index in [0.717, 1.165) is 0 Å². The van der Waals surface area contributed by atoms with E-state index in [2.05, 4.69) is 5.32 Å². The summed E-state index contributed by atoms with van der Waals surface area (Å²) in [5.74, 6) is 0.305. The molecule has 0 fully saturated rings. The van der Waals surface area contributed by atoms with Gasteiger partial charge in [-0.15, -0.1) is 0 Å². The maximum absolute atomic E-state index is 11.4. The Kier molecular flexibility index (Phi) is 7.34. The normalized spacial score (nSPS) is 15.1. The van der Waals surface area contributed by atoms with E-state index in [9.17, 15) is 9.90 Å². The molecule has 0 heterocycles. The standard InChI is InChI=1S/C11H24N2O2/c1-4-9(14)5-6-13-11(15)10(12)7-8(2)3/h8-10,14H,4-7,12H2,1-3H3,(H,13,15). The molecule has 1 amide bonds. The first kappa shape index (κ1) is 14.4. The number of hydrogen-bond acceptors (Lipinski definition) is 3. The predicted octanol–water partition coefficient (Wildman–Crippen LogP) is 0.637. The third-order valence-corrected chi connectivity index (χ3v) is 2.31. The number of aliphatic hydroxyl groups is 1. The van der Waals surface area contributed by atoms with E-state index >= 15 is 0 Å². The van der Waals surface area contributed by atoms with Crippen molar-refractivity contribution in [2.45, 2.75) is 52.2 Å². The molecule has 2 unspecified atom stereocenters. The van der Waals surface area contributed by atoms with Crippen molar-refractivity contribution in [3.63, 3.8) is 0 Å². The zero-order chi connectivity index (χ0) is 11.8. The minimum Gasteiger partial charge on any atom is -0.393 e. The Balaban J connectivity index is 3.64. The van der Waals surface area contributed by atoms with Crippen molar-refractivity contribution in [3.05, 3.63) is 0 Å². The van der Waals surface area contributed by atoms with Crippen molar-refractivity contribution in [1.82, 2.24) is 5.32 Å². The topological polar surface area (TPSA) is 75.3 Å². The number of amides is 1. The molecule has 0 aliphatic rings. The van der Waals surface area contributed by atoms with Crippen LogP contribution >= 0.6 is 0 Å². The highest BCUT2D eigenvalue weighted by Gasteiger charge is 2.14. The van der Waals surface area contributed by atoms with E-state index in [1.165, 1.54) is 0 Å². The first-order chi connectivity index (χ1) is 6.97. The molecule has 4 heteroatoms. The van der Waals surface area contributed by atoms with E-state index < -0.39 is 6.04 Å². The van der Waals surface area contributed by atoms with Crippen LogP contribution in [0.2, 0.25) is 0 Å². The van der Waals surface area contributed by atoms with Gasteiger partial charge in [0.15, 0.2) is 0 Å². The quantitative estimate of drug-likeness (QED) is 0.584. The van der Waals surface area contributed by atoms with Gasteiger partial charge < -0.3 is 16.2 Å². The lowest BCUT2D eigenvalue weighted by Crippen LogP contribution is -2.42. The van der Waals surface area contributed by atoms with Crippen LogP contribution in [-0.2, 0) is 4.79 Å². The molecule has 0 saturated heterocycles. The highest BCUT2D eigenvalue weighted by Crippen LogP contribution is 2.02. The van der Waals surface area contributed by atoms with Crippen LogP contribution in [0, 0.1) is 5.92 Å². The maximum Gasteiger partial charge on any atom is 0.236 e. The van der Waals surface area contributed by atoms with Crippen LogP contribution in [0.1, 0.15) is 40.0 Å². The van der Waals surface area contributed by atoms with Crippen LogP contribution in [-0.4, -0.2) is 29.7 Å². The molecule has 4 N–H and O–H groups in total. The van der Waals surface area contributed by atoms with Gasteiger partial charge in [-0.2, -0.15) is 0 Å². The van der Waals surface area contributed by atoms with Gasteiger partial charge in [0.25, 0.3) is 0 Å². The summed E-state index contributed by atoms with van der Waals surface area (Å²) in [6, 6.07) is -0.427. The van der Waals surface area contributed by atoms with Gasteiger partial charge in [0.2, 0.25) is 5.91 Å². The molecule has 0 aliphatic carbocycles. The fraction of sp³-hybridized carbons (Fsp3) is 0.909. The van der Waals surface area contributed by atoms with Crippen molar-refractivity contribution in [1.29, 1.82) is 0 Å². The molecule has 0 aromatic rings. The largest absolute Gasteiger partial charge is 0.393 e. The number of carbonyl (C=O) groups excluding carboxylic acids is 1. The van der Waals surface area contributed by atoms with Gasteiger partial charge in [-0.05, 0) is 25.2 Å². The lowest BCUT2D eigenvalue weighted by molar-refractivity contribution is -0.122. The van der Waals surface area contributed by atoms with E-state index in [-0.39, 0.29) is 12.0 Å². The molecule has 0 radical (unpaired) electrons. The van der Waals surface area contributed by atoms with Crippen LogP contribution in [0.25, 0.3) is 0 Å². The second-order valence-electron chi connectivity index (χ2n) is 4.38. The highest BCUT2D eigenvalue weighted by molar-refractivity contribution is 5.81. The Morgan fingerprint density at radius 3 is 2.53 bits per heavy atom. The molecule has 2 atom stereocenters. The molecule has 0 spiro atoms. The second-order valence-corrected chi connectivity index (χ2v) is 4.38. The maximum atomic E-state index is 11.4. The summed E-state index contributed by atoms with van der Waals surface area (Å²) in [5.41, 5.74) is 5.69. The van der Waals surface area contributed by atoms with Gasteiger partial charge in [0.1, 0.15) is 0 Å². The first-order valence-electron chi connectivity index (χ1n) is 5.68. The summed E-state index contributed by atoms with van der Waals surface area (Å²) in [7, 11) is 0. The van der Waals surface area contributed by atoms with E-state index in [1.54, 1.807) is 0 Å². The molecule has 15 heavy (non-hydrogen) atoms. The average molecular weight is 216 g/mol. The summed E-state index contributed by atoms with van der Waals surface area (Å²) in [5, 5.41) is 12.0. The number of hydrogen-bond donors (Lipinski definition) is 3. The van der Waals surface area contributed by atoms with Crippen molar-refractivity contribution in [2.24, 2.45) is 11.7 Å². The number of rotatable bonds is 7. The van der Waals surface area contributed by atoms with Gasteiger partial charge >= 0.3 is 0 Å². The summed E-state index contributed by atoms with van der Waals surface area (Å²) in [6.45, 7) is 6.48. The van der Waals surface area contributed by atoms with Gasteiger partial charge in [-0.3, -0.25) is 4.79 Å². The molecular weight excluding hydrogens is 192 g/mol. The van der Waals surface area contributed by atoms with Crippen LogP contribution < -0.4 is 11.1 Å². The SMILES string of the molecule is CCC(O)CCNC(=O)C(N)CC(C)C. The molecule has 4 nitrogen and oxygen atoms in total. The molecule has 0 aliphatic heterocycles. The van der Waals surface area contributed by atoms with Crippen molar-refractivity contribution < 1.29 is 9.90 Å². The van der Waals surface area contributed by atoms with Crippen molar-refractivity contribution in [2.75, 3.05) is 6.54 Å². The Hall–Kier alpha value is -0.610. The van der Waals surface area contributed by atoms with Crippen LogP contribution in [0.3, 0.4) is 0 Å². The Morgan fingerprint density at radius 1 is 1.47 bits per heavy atom. The molecule has 90 valence electrons. The average Bonchev–Trinajstić information content (AvgIpc) is 2.16. The summed E-state index contributed by atoms with van der Waals surface area (Å²) >= 11 is 0. The molecule has 0 rings (SSSR count). The van der Waals surface area contributed by atoms with Crippen LogP contribution in [0.15, 0.2) is 0 Å². The van der Waals surface area contributed by atoms with Gasteiger partial charge in [0, 0.05) is 6.54 Å². The fourth-order valence-corrected chi connectivity index (χ4v) is 1.31. The number of nitrogens with two attached hydrogens (primary N) is 1. The number of carbonyl (C=O) groups is 1. The van der Waals surface area contributed by atoms with Gasteiger partial charge in [-0.25, -0.2) is 0 Å². The molecule has 0 aromatic carbocycles. The zero-order valence-electron chi connectivity index (χ0n) is 9.99. The lowest BCUT2D eigenvalue weighted by Gasteiger charge is -2.15. The smallest absolute Gasteiger partial charge is 0.236 e. The van der Waals surface area contributed by atoms with E-state index in [1.807, 2.05) is 20.8 Å². The van der Waals surface area contributed by atoms with E-state index in [0.29, 0.717) is 31.7 Å². The predicted molar refractivity (Wildman–Crippen MR) is 61.4 cm³/mol. The molecule has 0 saturated carbocycles. The van der Waals surface area contributed by atoms with Crippen LogP contribution in [0.5, 0.6) is 0 Å². The highest BCUT2D eigenvalue weighted by atomic mass is 16.3. The monoisotopic (exact) mass is 216 g/mol. The third kappa shape index (κ3) is 7.33. The minimum atomic E-state index is -0.427. The van der Waals surface area contributed by atoms with E-state index in [4.69, 9.17) is 5.73 Å². The third-order valence-electron chi connectivity index (χ3n) is 2.31. The Morgan fingerprint density at radius 2 is 2.07 bits per heavy atom.